The standard InChI is InChI=1S/C17H20Cl2N2O4/c1-11-3-2-6-21(9-11)15(22)10-25-16(23)8-20-17(24)13-5-4-12(18)7-14(13)19/h4-5,7,11H,2-3,6,8-10H2,1H3,(H,20,24). The number of halogens is 2. The molecule has 8 heteroatoms. The van der Waals surface area contributed by atoms with E-state index < -0.39 is 11.9 Å². The molecule has 1 atom stereocenters. The Bertz CT molecular complexity index is 666. The van der Waals surface area contributed by atoms with E-state index in [1.165, 1.54) is 18.2 Å². The Labute approximate surface area is 156 Å². The van der Waals surface area contributed by atoms with Gasteiger partial charge in [0.1, 0.15) is 6.54 Å². The molecule has 0 aliphatic carbocycles. The fourth-order valence-electron chi connectivity index (χ4n) is 2.62. The van der Waals surface area contributed by atoms with Gasteiger partial charge < -0.3 is 15.0 Å². The van der Waals surface area contributed by atoms with Crippen LogP contribution in [0.25, 0.3) is 0 Å². The maximum absolute atomic E-state index is 12.0. The quantitative estimate of drug-likeness (QED) is 0.788. The first-order valence-corrected chi connectivity index (χ1v) is 8.79. The Morgan fingerprint density at radius 1 is 1.32 bits per heavy atom. The number of hydrogen-bond donors (Lipinski definition) is 1. The molecule has 2 rings (SSSR count). The van der Waals surface area contributed by atoms with Crippen LogP contribution in [0.1, 0.15) is 30.1 Å². The molecule has 2 amide bonds. The van der Waals surface area contributed by atoms with Gasteiger partial charge in [0, 0.05) is 18.1 Å². The van der Waals surface area contributed by atoms with Gasteiger partial charge in [0.05, 0.1) is 10.6 Å². The van der Waals surface area contributed by atoms with Gasteiger partial charge in [-0.1, -0.05) is 30.1 Å². The highest BCUT2D eigenvalue weighted by atomic mass is 35.5. The maximum Gasteiger partial charge on any atom is 0.325 e. The van der Waals surface area contributed by atoms with E-state index in [1.807, 2.05) is 0 Å². The minimum Gasteiger partial charge on any atom is -0.454 e. The summed E-state index contributed by atoms with van der Waals surface area (Å²) in [7, 11) is 0. The highest BCUT2D eigenvalue weighted by molar-refractivity contribution is 6.36. The summed E-state index contributed by atoms with van der Waals surface area (Å²) < 4.78 is 4.93. The molecule has 0 radical (unpaired) electrons. The van der Waals surface area contributed by atoms with Crippen molar-refractivity contribution in [2.24, 2.45) is 5.92 Å². The zero-order chi connectivity index (χ0) is 18.4. The minimum atomic E-state index is -0.683. The lowest BCUT2D eigenvalue weighted by atomic mass is 10.0. The van der Waals surface area contributed by atoms with Crippen LogP contribution in [0.4, 0.5) is 0 Å². The van der Waals surface area contributed by atoms with Crippen molar-refractivity contribution >= 4 is 41.0 Å². The maximum atomic E-state index is 12.0. The summed E-state index contributed by atoms with van der Waals surface area (Å²) in [5.74, 6) is -0.963. The van der Waals surface area contributed by atoms with Crippen LogP contribution in [0.2, 0.25) is 10.0 Å². The third kappa shape index (κ3) is 5.90. The summed E-state index contributed by atoms with van der Waals surface area (Å²) in [6.07, 6.45) is 2.06. The van der Waals surface area contributed by atoms with Crippen LogP contribution in [-0.2, 0) is 14.3 Å². The predicted octanol–water partition coefficient (Wildman–Crippen LogP) is 2.52. The van der Waals surface area contributed by atoms with Crippen molar-refractivity contribution < 1.29 is 19.1 Å². The minimum absolute atomic E-state index is 0.188. The second kappa shape index (κ2) is 9.06. The number of rotatable bonds is 5. The van der Waals surface area contributed by atoms with E-state index >= 15 is 0 Å². The fourth-order valence-corrected chi connectivity index (χ4v) is 3.12. The Morgan fingerprint density at radius 2 is 2.08 bits per heavy atom. The van der Waals surface area contributed by atoms with Crippen molar-refractivity contribution in [2.75, 3.05) is 26.2 Å². The zero-order valence-electron chi connectivity index (χ0n) is 13.9. The molecule has 0 spiro atoms. The lowest BCUT2D eigenvalue weighted by Gasteiger charge is -2.30. The van der Waals surface area contributed by atoms with Gasteiger partial charge in [0.25, 0.3) is 11.8 Å². The summed E-state index contributed by atoms with van der Waals surface area (Å²) in [6.45, 7) is 2.79. The fraction of sp³-hybridized carbons (Fsp3) is 0.471. The number of carbonyl (C=O) groups is 3. The van der Waals surface area contributed by atoms with Crippen molar-refractivity contribution in [1.82, 2.24) is 10.2 Å². The number of hydrogen-bond acceptors (Lipinski definition) is 4. The Morgan fingerprint density at radius 3 is 2.76 bits per heavy atom. The molecule has 1 aromatic carbocycles. The zero-order valence-corrected chi connectivity index (χ0v) is 15.4. The van der Waals surface area contributed by atoms with Crippen molar-refractivity contribution in [3.63, 3.8) is 0 Å². The van der Waals surface area contributed by atoms with Crippen LogP contribution >= 0.6 is 23.2 Å². The summed E-state index contributed by atoms with van der Waals surface area (Å²) in [5.41, 5.74) is 0.206. The third-order valence-corrected chi connectivity index (χ3v) is 4.48. The highest BCUT2D eigenvalue weighted by Crippen LogP contribution is 2.20. The normalized spacial score (nSPS) is 17.1. The van der Waals surface area contributed by atoms with E-state index in [2.05, 4.69) is 12.2 Å². The van der Waals surface area contributed by atoms with Crippen molar-refractivity contribution in [3.05, 3.63) is 33.8 Å². The van der Waals surface area contributed by atoms with Gasteiger partial charge in [-0.25, -0.2) is 0 Å². The van der Waals surface area contributed by atoms with E-state index in [-0.39, 0.29) is 29.6 Å². The molecule has 1 fully saturated rings. The smallest absolute Gasteiger partial charge is 0.325 e. The molecular weight excluding hydrogens is 367 g/mol. The van der Waals surface area contributed by atoms with Crippen molar-refractivity contribution in [1.29, 1.82) is 0 Å². The number of esters is 1. The molecule has 1 saturated heterocycles. The number of nitrogens with zero attached hydrogens (tertiary/aromatic N) is 1. The van der Waals surface area contributed by atoms with E-state index in [1.54, 1.807) is 4.90 Å². The molecule has 1 aliphatic rings. The van der Waals surface area contributed by atoms with Crippen LogP contribution in [0.5, 0.6) is 0 Å². The third-order valence-electron chi connectivity index (χ3n) is 3.94. The second-order valence-electron chi connectivity index (χ2n) is 6.05. The lowest BCUT2D eigenvalue weighted by Crippen LogP contribution is -2.42. The molecule has 1 heterocycles. The summed E-state index contributed by atoms with van der Waals surface area (Å²) in [6, 6.07) is 4.43. The predicted molar refractivity (Wildman–Crippen MR) is 94.7 cm³/mol. The monoisotopic (exact) mass is 386 g/mol. The molecule has 136 valence electrons. The van der Waals surface area contributed by atoms with E-state index in [4.69, 9.17) is 27.9 Å². The Hall–Kier alpha value is -1.79. The Balaban J connectivity index is 1.75. The van der Waals surface area contributed by atoms with Gasteiger partial charge in [-0.2, -0.15) is 0 Å². The van der Waals surface area contributed by atoms with Gasteiger partial charge >= 0.3 is 5.97 Å². The van der Waals surface area contributed by atoms with Gasteiger partial charge in [0.15, 0.2) is 6.61 Å². The number of nitrogens with one attached hydrogen (secondary N) is 1. The lowest BCUT2D eigenvalue weighted by molar-refractivity contribution is -0.151. The van der Waals surface area contributed by atoms with Crippen LogP contribution in [0.15, 0.2) is 18.2 Å². The number of carbonyl (C=O) groups excluding carboxylic acids is 3. The van der Waals surface area contributed by atoms with Gasteiger partial charge in [-0.05, 0) is 37.0 Å². The molecule has 1 aromatic rings. The average molecular weight is 387 g/mol. The van der Waals surface area contributed by atoms with Crippen molar-refractivity contribution in [3.8, 4) is 0 Å². The molecule has 0 aromatic heterocycles. The first kappa shape index (κ1) is 19.5. The molecule has 1 N–H and O–H groups in total. The summed E-state index contributed by atoms with van der Waals surface area (Å²) in [4.78, 5) is 37.4. The van der Waals surface area contributed by atoms with E-state index in [0.717, 1.165) is 12.8 Å². The SMILES string of the molecule is CC1CCCN(C(=O)COC(=O)CNC(=O)c2ccc(Cl)cc2Cl)C1. The first-order chi connectivity index (χ1) is 11.9. The molecule has 6 nitrogen and oxygen atoms in total. The second-order valence-corrected chi connectivity index (χ2v) is 6.90. The summed E-state index contributed by atoms with van der Waals surface area (Å²) >= 11 is 11.7. The number of ether oxygens (including phenoxy) is 1. The van der Waals surface area contributed by atoms with E-state index in [9.17, 15) is 14.4 Å². The van der Waals surface area contributed by atoms with Gasteiger partial charge in [0.2, 0.25) is 0 Å². The van der Waals surface area contributed by atoms with Gasteiger partial charge in [-0.15, -0.1) is 0 Å². The van der Waals surface area contributed by atoms with Crippen LogP contribution in [0, 0.1) is 5.92 Å². The molecular formula is C17H20Cl2N2O4. The Kier molecular flexibility index (Phi) is 7.08. The van der Waals surface area contributed by atoms with Gasteiger partial charge in [-0.3, -0.25) is 14.4 Å². The number of amides is 2. The molecule has 0 bridgehead atoms. The molecule has 0 saturated carbocycles. The van der Waals surface area contributed by atoms with Crippen LogP contribution in [-0.4, -0.2) is 48.9 Å². The summed E-state index contributed by atoms with van der Waals surface area (Å²) in [5, 5.41) is 3.00. The number of likely N-dealkylation sites (tertiary alicyclic amines) is 1. The van der Waals surface area contributed by atoms with E-state index in [0.29, 0.717) is 24.0 Å². The van der Waals surface area contributed by atoms with Crippen molar-refractivity contribution in [2.45, 2.75) is 19.8 Å². The average Bonchev–Trinajstić information content (AvgIpc) is 2.57. The molecule has 25 heavy (non-hydrogen) atoms. The van der Waals surface area contributed by atoms with Crippen LogP contribution in [0.3, 0.4) is 0 Å². The van der Waals surface area contributed by atoms with Crippen LogP contribution < -0.4 is 5.32 Å². The number of piperidine rings is 1. The first-order valence-electron chi connectivity index (χ1n) is 8.03. The topological polar surface area (TPSA) is 75.7 Å². The highest BCUT2D eigenvalue weighted by Gasteiger charge is 2.22. The molecule has 1 aliphatic heterocycles. The largest absolute Gasteiger partial charge is 0.454 e. The number of benzene rings is 1. The molecule has 1 unspecified atom stereocenters.